The van der Waals surface area contributed by atoms with Crippen LogP contribution in [0.1, 0.15) is 36.8 Å². The van der Waals surface area contributed by atoms with Crippen molar-refractivity contribution in [3.63, 3.8) is 0 Å². The van der Waals surface area contributed by atoms with Crippen molar-refractivity contribution >= 4 is 23.6 Å². The summed E-state index contributed by atoms with van der Waals surface area (Å²) >= 11 is 0. The Balaban J connectivity index is 2.02. The number of hydrogen-bond donors (Lipinski definition) is 10. The van der Waals surface area contributed by atoms with Gasteiger partial charge < -0.3 is 54.4 Å². The zero-order chi connectivity index (χ0) is 32.2. The van der Waals surface area contributed by atoms with E-state index in [1.165, 1.54) is 12.1 Å². The second kappa shape index (κ2) is 16.6. The van der Waals surface area contributed by atoms with Crippen LogP contribution in [-0.4, -0.2) is 84.2 Å². The molecule has 240 valence electrons. The summed E-state index contributed by atoms with van der Waals surface area (Å²) in [6, 6.07) is 5.70. The molecule has 0 spiro atoms. The number of rotatable bonds is 11. The van der Waals surface area contributed by atoms with Gasteiger partial charge in [-0.1, -0.05) is 12.1 Å². The van der Waals surface area contributed by atoms with Gasteiger partial charge in [-0.3, -0.25) is 19.2 Å². The molecule has 0 saturated carbocycles. The molecule has 0 radical (unpaired) electrons. The van der Waals surface area contributed by atoms with Gasteiger partial charge in [0, 0.05) is 38.4 Å². The molecule has 14 N–H and O–H groups in total. The topological polar surface area (TPSA) is 261 Å². The molecule has 0 saturated heterocycles. The van der Waals surface area contributed by atoms with Gasteiger partial charge in [-0.05, 0) is 78.9 Å². The summed E-state index contributed by atoms with van der Waals surface area (Å²) < 4.78 is 0. The molecule has 0 aromatic heterocycles. The second-order valence-electron chi connectivity index (χ2n) is 10.9. The predicted molar refractivity (Wildman–Crippen MR) is 165 cm³/mol. The molecule has 1 aliphatic heterocycles. The Morgan fingerprint density at radius 3 is 2.11 bits per heavy atom. The van der Waals surface area contributed by atoms with E-state index in [0.29, 0.717) is 35.1 Å². The molecule has 0 aliphatic carbocycles. The number of nitrogens with two attached hydrogens (primary N) is 4. The lowest BCUT2D eigenvalue weighted by Gasteiger charge is -2.26. The van der Waals surface area contributed by atoms with Crippen molar-refractivity contribution in [1.29, 1.82) is 0 Å². The van der Waals surface area contributed by atoms with E-state index in [2.05, 4.69) is 21.3 Å². The molecule has 2 unspecified atom stereocenters. The first kappa shape index (κ1) is 34.3. The maximum absolute atomic E-state index is 13.7. The molecular weight excluding hydrogens is 568 g/mol. The van der Waals surface area contributed by atoms with Crippen molar-refractivity contribution in [3.05, 3.63) is 47.5 Å². The molecule has 44 heavy (non-hydrogen) atoms. The van der Waals surface area contributed by atoms with Gasteiger partial charge in [0.2, 0.25) is 23.6 Å². The molecule has 4 amide bonds. The molecule has 0 fully saturated rings. The van der Waals surface area contributed by atoms with Crippen molar-refractivity contribution < 1.29 is 29.4 Å². The highest BCUT2D eigenvalue weighted by Crippen LogP contribution is 2.31. The highest BCUT2D eigenvalue weighted by molar-refractivity contribution is 5.93. The fourth-order valence-corrected chi connectivity index (χ4v) is 4.99. The average Bonchev–Trinajstić information content (AvgIpc) is 2.99. The van der Waals surface area contributed by atoms with Gasteiger partial charge in [0.15, 0.2) is 0 Å². The standard InChI is InChI=1S/C30H44N8O6/c31-8-1-2-23-29(43)38-24(30(44)36-21(7-9-32)16-27(41)35-11-10-33)15-20-13-18(4-6-26(20)40)17-3-5-25(39)19(12-17)14-22(34)28(42)37-23/h3-6,12-13,21-24,39-40H,1-2,7-11,14-16,31-34H2,(H,35,41)(H,36,44)(H,37,42)(H,38,43)/t21?,22-,23-,24?/m0/s1. The molecule has 2 aromatic carbocycles. The quantitative estimate of drug-likeness (QED) is 0.136. The Morgan fingerprint density at radius 1 is 0.886 bits per heavy atom. The predicted octanol–water partition coefficient (Wildman–Crippen LogP) is -1.80. The minimum atomic E-state index is -1.21. The highest BCUT2D eigenvalue weighted by atomic mass is 16.3. The van der Waals surface area contributed by atoms with Crippen LogP contribution in [-0.2, 0) is 32.0 Å². The van der Waals surface area contributed by atoms with Gasteiger partial charge in [-0.15, -0.1) is 0 Å². The van der Waals surface area contributed by atoms with E-state index in [1.807, 2.05) is 0 Å². The maximum atomic E-state index is 13.7. The van der Waals surface area contributed by atoms with E-state index in [-0.39, 0.29) is 69.3 Å². The summed E-state index contributed by atoms with van der Waals surface area (Å²) in [5.41, 5.74) is 25.2. The first-order valence-electron chi connectivity index (χ1n) is 14.7. The molecule has 3 rings (SSSR count). The van der Waals surface area contributed by atoms with Crippen molar-refractivity contribution in [2.45, 2.75) is 62.7 Å². The van der Waals surface area contributed by atoms with Gasteiger partial charge in [-0.25, -0.2) is 0 Å². The summed E-state index contributed by atoms with van der Waals surface area (Å²) in [5, 5.41) is 32.1. The Labute approximate surface area is 256 Å². The fraction of sp³-hybridized carbons (Fsp3) is 0.467. The van der Waals surface area contributed by atoms with E-state index < -0.39 is 41.9 Å². The normalized spacial score (nSPS) is 19.5. The summed E-state index contributed by atoms with van der Waals surface area (Å²) in [7, 11) is 0. The summed E-state index contributed by atoms with van der Waals surface area (Å²) in [4.78, 5) is 52.7. The molecule has 2 aromatic rings. The number of aromatic hydroxyl groups is 2. The van der Waals surface area contributed by atoms with Gasteiger partial charge in [0.1, 0.15) is 23.6 Å². The highest BCUT2D eigenvalue weighted by Gasteiger charge is 2.30. The lowest BCUT2D eigenvalue weighted by molar-refractivity contribution is -0.133. The lowest BCUT2D eigenvalue weighted by atomic mass is 9.95. The van der Waals surface area contributed by atoms with Crippen LogP contribution in [0, 0.1) is 0 Å². The van der Waals surface area contributed by atoms with Crippen LogP contribution in [0.2, 0.25) is 0 Å². The van der Waals surface area contributed by atoms with Crippen molar-refractivity contribution in [1.82, 2.24) is 21.3 Å². The number of nitrogens with one attached hydrogen (secondary N) is 4. The van der Waals surface area contributed by atoms with Crippen LogP contribution in [0.25, 0.3) is 11.1 Å². The molecular formula is C30H44N8O6. The Hall–Kier alpha value is -4.24. The number of phenolic OH excluding ortho intramolecular Hbond substituents is 2. The molecule has 1 heterocycles. The van der Waals surface area contributed by atoms with Crippen molar-refractivity contribution in [2.75, 3.05) is 26.2 Å². The number of phenols is 2. The van der Waals surface area contributed by atoms with Crippen LogP contribution >= 0.6 is 0 Å². The first-order chi connectivity index (χ1) is 21.1. The summed E-state index contributed by atoms with van der Waals surface area (Å²) in [6.07, 6.45) is 0.683. The first-order valence-corrected chi connectivity index (χ1v) is 14.7. The summed E-state index contributed by atoms with van der Waals surface area (Å²) in [6.45, 7) is 0.980. The average molecular weight is 613 g/mol. The van der Waals surface area contributed by atoms with Crippen molar-refractivity contribution in [2.24, 2.45) is 22.9 Å². The van der Waals surface area contributed by atoms with E-state index >= 15 is 0 Å². The van der Waals surface area contributed by atoms with Crippen LogP contribution in [0.4, 0.5) is 0 Å². The largest absolute Gasteiger partial charge is 0.508 e. The lowest BCUT2D eigenvalue weighted by Crippen LogP contribution is -2.57. The van der Waals surface area contributed by atoms with Gasteiger partial charge in [0.05, 0.1) is 6.04 Å². The Kier molecular flexibility index (Phi) is 12.9. The Bertz CT molecular complexity index is 1320. The van der Waals surface area contributed by atoms with E-state index in [1.54, 1.807) is 24.3 Å². The van der Waals surface area contributed by atoms with E-state index in [9.17, 15) is 29.4 Å². The molecule has 14 nitrogen and oxygen atoms in total. The van der Waals surface area contributed by atoms with Gasteiger partial charge in [-0.2, -0.15) is 0 Å². The third-order valence-electron chi connectivity index (χ3n) is 7.42. The second-order valence-corrected chi connectivity index (χ2v) is 10.9. The number of amides is 4. The van der Waals surface area contributed by atoms with Gasteiger partial charge in [0.25, 0.3) is 0 Å². The minimum Gasteiger partial charge on any atom is -0.508 e. The third kappa shape index (κ3) is 9.64. The van der Waals surface area contributed by atoms with Crippen LogP contribution in [0.5, 0.6) is 11.5 Å². The number of hydrogen-bond acceptors (Lipinski definition) is 10. The smallest absolute Gasteiger partial charge is 0.243 e. The molecule has 14 heteroatoms. The van der Waals surface area contributed by atoms with Crippen LogP contribution in [0.3, 0.4) is 0 Å². The molecule has 4 bridgehead atoms. The minimum absolute atomic E-state index is 0.00586. The van der Waals surface area contributed by atoms with Crippen LogP contribution < -0.4 is 44.2 Å². The zero-order valence-electron chi connectivity index (χ0n) is 24.7. The number of carbonyl (C=O) groups is 4. The van der Waals surface area contributed by atoms with Crippen molar-refractivity contribution in [3.8, 4) is 22.6 Å². The zero-order valence-corrected chi connectivity index (χ0v) is 24.7. The SMILES string of the molecule is NCCC[C@@H]1NC(=O)[C@@H](N)Cc2cc(ccc2O)-c2ccc(O)c(c2)CC(C(=O)NC(CCN)CC(=O)NCCN)NC1=O. The molecule has 4 atom stereocenters. The van der Waals surface area contributed by atoms with Crippen LogP contribution in [0.15, 0.2) is 36.4 Å². The number of benzene rings is 2. The van der Waals surface area contributed by atoms with E-state index in [0.717, 1.165) is 0 Å². The maximum Gasteiger partial charge on any atom is 0.243 e. The van der Waals surface area contributed by atoms with E-state index in [4.69, 9.17) is 22.9 Å². The number of fused-ring (bicyclic) bond motifs is 5. The number of carbonyl (C=O) groups excluding carboxylic acids is 4. The molecule has 1 aliphatic rings. The monoisotopic (exact) mass is 612 g/mol. The van der Waals surface area contributed by atoms with Gasteiger partial charge >= 0.3 is 0 Å². The third-order valence-corrected chi connectivity index (χ3v) is 7.42. The fourth-order valence-electron chi connectivity index (χ4n) is 4.99. The Morgan fingerprint density at radius 2 is 1.52 bits per heavy atom. The summed E-state index contributed by atoms with van der Waals surface area (Å²) in [5.74, 6) is -2.33.